The first-order valence-corrected chi connectivity index (χ1v) is 1.86. The van der Waals surface area contributed by atoms with Gasteiger partial charge in [0.15, 0.2) is 0 Å². The molecule has 0 saturated carbocycles. The van der Waals surface area contributed by atoms with Crippen LogP contribution in [0.1, 0.15) is 0 Å². The summed E-state index contributed by atoms with van der Waals surface area (Å²) in [4.78, 5) is 0. The lowest BCUT2D eigenvalue weighted by Crippen LogP contribution is -1.72. The van der Waals surface area contributed by atoms with E-state index in [1.54, 1.807) is 0 Å². The van der Waals surface area contributed by atoms with Crippen LogP contribution in [0.25, 0.3) is 0 Å². The maximum absolute atomic E-state index is 9.14. The van der Waals surface area contributed by atoms with E-state index in [4.69, 9.17) is 8.76 Å². The Balaban J connectivity index is 0. The average Bonchev–Trinajstić information content (AvgIpc) is 1.38. The largest absolute Gasteiger partial charge is 0.754 e. The molecule has 3 nitrogen and oxygen atoms in total. The van der Waals surface area contributed by atoms with Crippen molar-refractivity contribution in [1.82, 2.24) is 0 Å². The summed E-state index contributed by atoms with van der Waals surface area (Å²) < 4.78 is 20.8. The van der Waals surface area contributed by atoms with Crippen LogP contribution in [-0.2, 0) is 11.3 Å². The second-order valence-electron chi connectivity index (χ2n) is 0.346. The van der Waals surface area contributed by atoms with Crippen molar-refractivity contribution in [2.45, 2.75) is 0 Å². The predicted molar refractivity (Wildman–Crippen MR) is 25.7 cm³/mol. The zero-order valence-electron chi connectivity index (χ0n) is 2.79. The third-order valence-corrected chi connectivity index (χ3v) is 0.316. The molecule has 0 N–H and O–H groups in total. The molecule has 0 aliphatic carbocycles. The first kappa shape index (κ1) is 9.42. The van der Waals surface area contributed by atoms with Crippen molar-refractivity contribution in [2.75, 3.05) is 0 Å². The van der Waals surface area contributed by atoms with Gasteiger partial charge in [-0.3, -0.25) is 4.21 Å². The molecule has 0 aliphatic heterocycles. The van der Waals surface area contributed by atoms with Crippen molar-refractivity contribution >= 4 is 30.4 Å². The van der Waals surface area contributed by atoms with E-state index in [9.17, 15) is 0 Å². The molecule has 0 aromatic heterocycles. The molecule has 0 radical (unpaired) electrons. The first-order chi connectivity index (χ1) is 2.27. The monoisotopic (exact) mass is 128 g/mol. The predicted octanol–water partition coefficient (Wildman–Crippen LogP) is -0.0971. The summed E-state index contributed by atoms with van der Waals surface area (Å²) in [7, 11) is 0. The van der Waals surface area contributed by atoms with Gasteiger partial charge < -0.3 is 4.55 Å². The lowest BCUT2D eigenvalue weighted by molar-refractivity contribution is 0.539. The molecular formula is CH3ClNO2S-. The van der Waals surface area contributed by atoms with Crippen LogP contribution in [0.5, 0.6) is 0 Å². The SMILES string of the molecule is C=NS(=O)[O-].Cl. The van der Waals surface area contributed by atoms with Gasteiger partial charge in [0.05, 0.1) is 11.3 Å². The Morgan fingerprint density at radius 1 is 1.83 bits per heavy atom. The molecule has 0 bridgehead atoms. The van der Waals surface area contributed by atoms with Crippen molar-refractivity contribution in [3.63, 3.8) is 0 Å². The zero-order valence-corrected chi connectivity index (χ0v) is 4.42. The highest BCUT2D eigenvalue weighted by molar-refractivity contribution is 7.77. The van der Waals surface area contributed by atoms with Crippen LogP contribution in [0.2, 0.25) is 0 Å². The smallest absolute Gasteiger partial charge is 0.0670 e. The summed E-state index contributed by atoms with van der Waals surface area (Å²) >= 11 is -2.31. The Kier molecular flexibility index (Phi) is 7.96. The van der Waals surface area contributed by atoms with Crippen molar-refractivity contribution in [3.8, 4) is 0 Å². The van der Waals surface area contributed by atoms with E-state index in [-0.39, 0.29) is 12.4 Å². The molecule has 1 atom stereocenters. The van der Waals surface area contributed by atoms with Gasteiger partial charge in [-0.2, -0.15) is 0 Å². The molecule has 0 aromatic rings. The third-order valence-electron chi connectivity index (χ3n) is 0.105. The van der Waals surface area contributed by atoms with Gasteiger partial charge >= 0.3 is 0 Å². The van der Waals surface area contributed by atoms with Gasteiger partial charge in [-0.15, -0.1) is 12.4 Å². The lowest BCUT2D eigenvalue weighted by atomic mass is 11.8. The van der Waals surface area contributed by atoms with Crippen LogP contribution >= 0.6 is 12.4 Å². The van der Waals surface area contributed by atoms with Crippen LogP contribution in [0.4, 0.5) is 0 Å². The number of nitrogens with zero attached hydrogens (tertiary/aromatic N) is 1. The lowest BCUT2D eigenvalue weighted by Gasteiger charge is -1.86. The summed E-state index contributed by atoms with van der Waals surface area (Å²) in [6.45, 7) is 2.70. The highest BCUT2D eigenvalue weighted by Crippen LogP contribution is 1.62. The van der Waals surface area contributed by atoms with Gasteiger partial charge in [-0.1, -0.05) is 0 Å². The van der Waals surface area contributed by atoms with E-state index < -0.39 is 11.3 Å². The molecule has 0 amide bonds. The van der Waals surface area contributed by atoms with E-state index in [1.807, 2.05) is 0 Å². The van der Waals surface area contributed by atoms with Gasteiger partial charge in [0.1, 0.15) is 0 Å². The minimum atomic E-state index is -2.31. The number of rotatable bonds is 1. The molecule has 38 valence electrons. The van der Waals surface area contributed by atoms with Crippen molar-refractivity contribution in [2.24, 2.45) is 4.40 Å². The maximum atomic E-state index is 9.14. The normalized spacial score (nSPS) is 11.5. The van der Waals surface area contributed by atoms with Gasteiger partial charge in [0.2, 0.25) is 0 Å². The average molecular weight is 129 g/mol. The van der Waals surface area contributed by atoms with Crippen molar-refractivity contribution in [1.29, 1.82) is 0 Å². The van der Waals surface area contributed by atoms with Gasteiger partial charge in [-0.25, -0.2) is 4.40 Å². The first-order valence-electron chi connectivity index (χ1n) is 0.832. The molecule has 5 heteroatoms. The molecule has 0 aliphatic rings. The molecule has 0 aromatic carbocycles. The highest BCUT2D eigenvalue weighted by atomic mass is 35.5. The summed E-state index contributed by atoms with van der Waals surface area (Å²) in [6.07, 6.45) is 0. The molecule has 0 fully saturated rings. The highest BCUT2D eigenvalue weighted by Gasteiger charge is 1.51. The number of hydrogen-bond donors (Lipinski definition) is 0. The van der Waals surface area contributed by atoms with E-state index in [0.29, 0.717) is 0 Å². The molecular weight excluding hydrogens is 126 g/mol. The summed E-state index contributed by atoms with van der Waals surface area (Å²) in [5, 5.41) is 0. The van der Waals surface area contributed by atoms with E-state index in [1.165, 1.54) is 0 Å². The summed E-state index contributed by atoms with van der Waals surface area (Å²) in [5.41, 5.74) is 0. The van der Waals surface area contributed by atoms with E-state index in [2.05, 4.69) is 11.1 Å². The van der Waals surface area contributed by atoms with Gasteiger partial charge in [0.25, 0.3) is 0 Å². The summed E-state index contributed by atoms with van der Waals surface area (Å²) in [6, 6.07) is 0. The van der Waals surface area contributed by atoms with Crippen molar-refractivity contribution < 1.29 is 8.76 Å². The van der Waals surface area contributed by atoms with Crippen LogP contribution in [0.15, 0.2) is 4.40 Å². The molecule has 0 heterocycles. The fourth-order valence-electron chi connectivity index (χ4n) is 0. The minimum absolute atomic E-state index is 0. The van der Waals surface area contributed by atoms with E-state index in [0.717, 1.165) is 0 Å². The number of halogens is 1. The Hall–Kier alpha value is 0.0700. The second-order valence-corrected chi connectivity index (χ2v) is 1.04. The quantitative estimate of drug-likeness (QED) is 0.366. The molecule has 0 rings (SSSR count). The van der Waals surface area contributed by atoms with Crippen LogP contribution in [-0.4, -0.2) is 15.5 Å². The molecule has 0 saturated heterocycles. The van der Waals surface area contributed by atoms with Crippen LogP contribution in [0, 0.1) is 0 Å². The standard InChI is InChI=1S/CH3NO2S.ClH/c1-2-5(3)4;/h1H2,(H,3,4);1H/p-1. The molecule has 1 unspecified atom stereocenters. The Morgan fingerprint density at radius 2 is 2.00 bits per heavy atom. The molecule has 0 spiro atoms. The Labute approximate surface area is 44.3 Å². The third kappa shape index (κ3) is 8.95. The van der Waals surface area contributed by atoms with Crippen LogP contribution in [0.3, 0.4) is 0 Å². The van der Waals surface area contributed by atoms with Crippen molar-refractivity contribution in [3.05, 3.63) is 0 Å². The maximum Gasteiger partial charge on any atom is 0.0670 e. The summed E-state index contributed by atoms with van der Waals surface area (Å²) in [5.74, 6) is 0. The van der Waals surface area contributed by atoms with Gasteiger partial charge in [0, 0.05) is 6.72 Å². The second kappa shape index (κ2) is 5.07. The topological polar surface area (TPSA) is 52.5 Å². The fourth-order valence-corrected chi connectivity index (χ4v) is 0. The van der Waals surface area contributed by atoms with Crippen LogP contribution < -0.4 is 0 Å². The minimum Gasteiger partial charge on any atom is -0.754 e. The van der Waals surface area contributed by atoms with E-state index >= 15 is 0 Å². The fraction of sp³-hybridized carbons (Fsp3) is 0. The zero-order chi connectivity index (χ0) is 4.28. The number of hydrogen-bond acceptors (Lipinski definition) is 2. The molecule has 6 heavy (non-hydrogen) atoms. The Bertz CT molecular complexity index is 64.6. The Morgan fingerprint density at radius 3 is 2.00 bits per heavy atom. The van der Waals surface area contributed by atoms with Gasteiger partial charge in [-0.05, 0) is 0 Å².